The number of rotatable bonds is 3. The fraction of sp³-hybridized carbons (Fsp3) is 0.0698. The van der Waals surface area contributed by atoms with Crippen molar-refractivity contribution in [1.29, 1.82) is 0 Å². The Hall–Kier alpha value is -5.38. The maximum atomic E-state index is 6.78. The third-order valence-electron chi connectivity index (χ3n) is 10.1. The van der Waals surface area contributed by atoms with Crippen molar-refractivity contribution >= 4 is 48.5 Å². The summed E-state index contributed by atoms with van der Waals surface area (Å²) in [5.74, 6) is 1.08. The van der Waals surface area contributed by atoms with Gasteiger partial charge in [0.15, 0.2) is 0 Å². The molecule has 3 heteroatoms. The van der Waals surface area contributed by atoms with Crippen molar-refractivity contribution in [2.24, 2.45) is 0 Å². The van der Waals surface area contributed by atoms with Crippen molar-refractivity contribution in [2.75, 3.05) is 4.90 Å². The van der Waals surface area contributed by atoms with E-state index in [0.717, 1.165) is 11.4 Å². The minimum atomic E-state index is -0.458. The van der Waals surface area contributed by atoms with Crippen LogP contribution in [-0.2, 0) is 0 Å². The molecule has 3 heterocycles. The van der Waals surface area contributed by atoms with Gasteiger partial charge in [-0.1, -0.05) is 115 Å². The van der Waals surface area contributed by atoms with Crippen LogP contribution < -0.4 is 9.64 Å². The number of thiophene rings is 1. The van der Waals surface area contributed by atoms with E-state index in [1.54, 1.807) is 0 Å². The zero-order chi connectivity index (χ0) is 30.4. The topological polar surface area (TPSA) is 12.5 Å². The van der Waals surface area contributed by atoms with Crippen LogP contribution >= 0.6 is 11.3 Å². The quantitative estimate of drug-likeness (QED) is 0.198. The number of benzene rings is 6. The van der Waals surface area contributed by atoms with Crippen LogP contribution in [0.3, 0.4) is 0 Å². The summed E-state index contributed by atoms with van der Waals surface area (Å²) in [6, 6.07) is 50.7. The summed E-state index contributed by atoms with van der Waals surface area (Å²) in [5, 5.41) is 2.67. The van der Waals surface area contributed by atoms with Crippen LogP contribution in [0.2, 0.25) is 0 Å². The van der Waals surface area contributed by atoms with Gasteiger partial charge in [0.05, 0.1) is 5.92 Å². The molecular weight excluding hydrogens is 579 g/mol. The molecule has 0 N–H and O–H groups in total. The van der Waals surface area contributed by atoms with Gasteiger partial charge >= 0.3 is 0 Å². The third kappa shape index (κ3) is 3.58. The maximum absolute atomic E-state index is 6.78. The van der Waals surface area contributed by atoms with E-state index in [9.17, 15) is 0 Å². The van der Waals surface area contributed by atoms with Gasteiger partial charge in [0.25, 0.3) is 0 Å². The van der Waals surface area contributed by atoms with E-state index < -0.39 is 5.60 Å². The van der Waals surface area contributed by atoms with Crippen LogP contribution in [0.5, 0.6) is 5.75 Å². The fourth-order valence-electron chi connectivity index (χ4n) is 7.99. The minimum Gasteiger partial charge on any atom is -0.481 e. The Bertz CT molecular complexity index is 2410. The molecular formula is C43H29NOS. The van der Waals surface area contributed by atoms with E-state index in [0.29, 0.717) is 0 Å². The highest BCUT2D eigenvalue weighted by atomic mass is 32.1. The Balaban J connectivity index is 0.995. The normalized spacial score (nSPS) is 19.2. The van der Waals surface area contributed by atoms with Gasteiger partial charge in [-0.2, -0.15) is 0 Å². The van der Waals surface area contributed by atoms with E-state index >= 15 is 0 Å². The van der Waals surface area contributed by atoms with E-state index in [1.807, 2.05) is 11.3 Å². The first-order valence-electron chi connectivity index (χ1n) is 15.9. The predicted molar refractivity (Wildman–Crippen MR) is 193 cm³/mol. The molecule has 2 unspecified atom stereocenters. The molecule has 0 bridgehead atoms. The average molecular weight is 608 g/mol. The number of hydrogen-bond donors (Lipinski definition) is 0. The van der Waals surface area contributed by atoms with Crippen molar-refractivity contribution < 1.29 is 4.74 Å². The molecule has 7 aromatic rings. The summed E-state index contributed by atoms with van der Waals surface area (Å²) in [7, 11) is 0. The molecule has 0 fully saturated rings. The van der Waals surface area contributed by atoms with Crippen molar-refractivity contribution in [3.05, 3.63) is 169 Å². The Morgan fingerprint density at radius 1 is 0.609 bits per heavy atom. The second kappa shape index (κ2) is 9.56. The first-order chi connectivity index (χ1) is 22.7. The molecule has 0 amide bonds. The summed E-state index contributed by atoms with van der Waals surface area (Å²) >= 11 is 1.88. The van der Waals surface area contributed by atoms with Crippen LogP contribution in [0, 0.1) is 0 Å². The Morgan fingerprint density at radius 2 is 1.28 bits per heavy atom. The van der Waals surface area contributed by atoms with Crippen LogP contribution in [-0.4, -0.2) is 5.60 Å². The summed E-state index contributed by atoms with van der Waals surface area (Å²) in [6.45, 7) is 2.25. The van der Waals surface area contributed by atoms with Gasteiger partial charge in [-0.25, -0.2) is 0 Å². The molecule has 0 spiro atoms. The molecule has 1 aromatic heterocycles. The van der Waals surface area contributed by atoms with E-state index in [1.165, 1.54) is 70.5 Å². The number of fused-ring (bicyclic) bond motifs is 10. The number of hydrogen-bond acceptors (Lipinski definition) is 3. The molecule has 2 nitrogen and oxygen atoms in total. The van der Waals surface area contributed by atoms with Crippen molar-refractivity contribution in [3.63, 3.8) is 0 Å². The Labute approximate surface area is 272 Å². The van der Waals surface area contributed by atoms with Gasteiger partial charge in [0, 0.05) is 48.4 Å². The largest absolute Gasteiger partial charge is 0.481 e. The second-order valence-electron chi connectivity index (χ2n) is 12.6. The van der Waals surface area contributed by atoms with Crippen molar-refractivity contribution in [2.45, 2.75) is 18.4 Å². The number of allylic oxidation sites excluding steroid dienone is 2. The Kier molecular flexibility index (Phi) is 5.38. The summed E-state index contributed by atoms with van der Waals surface area (Å²) < 4.78 is 9.46. The third-order valence-corrected chi connectivity index (χ3v) is 11.3. The first-order valence-corrected chi connectivity index (χ1v) is 16.7. The zero-order valence-corrected chi connectivity index (χ0v) is 26.1. The molecule has 0 saturated carbocycles. The molecule has 1 aliphatic carbocycles. The summed E-state index contributed by atoms with van der Waals surface area (Å²) in [5.41, 5.74) is 11.9. The molecule has 0 radical (unpaired) electrons. The number of para-hydroxylation sites is 2. The molecule has 3 aliphatic rings. The number of ether oxygens (including phenoxy) is 1. The highest BCUT2D eigenvalue weighted by molar-refractivity contribution is 7.26. The smallest absolute Gasteiger partial charge is 0.144 e. The molecule has 0 saturated heterocycles. The summed E-state index contributed by atoms with van der Waals surface area (Å²) in [6.07, 6.45) is 4.57. The molecule has 218 valence electrons. The lowest BCUT2D eigenvalue weighted by atomic mass is 9.74. The molecule has 10 rings (SSSR count). The van der Waals surface area contributed by atoms with E-state index in [4.69, 9.17) is 4.74 Å². The van der Waals surface area contributed by atoms with Gasteiger partial charge in [-0.15, -0.1) is 11.3 Å². The number of anilines is 2. The van der Waals surface area contributed by atoms with E-state index in [-0.39, 0.29) is 5.92 Å². The molecule has 6 aromatic carbocycles. The highest BCUT2D eigenvalue weighted by Gasteiger charge is 2.54. The molecule has 2 aliphatic heterocycles. The Morgan fingerprint density at radius 3 is 2.15 bits per heavy atom. The first kappa shape index (κ1) is 25.9. The predicted octanol–water partition coefficient (Wildman–Crippen LogP) is 11.8. The van der Waals surface area contributed by atoms with E-state index in [2.05, 4.69) is 164 Å². The monoisotopic (exact) mass is 607 g/mol. The van der Waals surface area contributed by atoms with Crippen LogP contribution in [0.1, 0.15) is 24.0 Å². The van der Waals surface area contributed by atoms with Crippen LogP contribution in [0.25, 0.3) is 48.0 Å². The van der Waals surface area contributed by atoms with Gasteiger partial charge in [0.1, 0.15) is 11.4 Å². The number of nitrogens with zero attached hydrogens (tertiary/aromatic N) is 1. The highest BCUT2D eigenvalue weighted by Crippen LogP contribution is 2.61. The average Bonchev–Trinajstić information content (AvgIpc) is 3.75. The van der Waals surface area contributed by atoms with Gasteiger partial charge in [-0.05, 0) is 71.1 Å². The second-order valence-corrected chi connectivity index (χ2v) is 13.7. The lowest BCUT2D eigenvalue weighted by molar-refractivity contribution is 0.147. The maximum Gasteiger partial charge on any atom is 0.144 e. The summed E-state index contributed by atoms with van der Waals surface area (Å²) in [4.78, 5) is 2.42. The minimum absolute atomic E-state index is 0.105. The molecule has 46 heavy (non-hydrogen) atoms. The van der Waals surface area contributed by atoms with Gasteiger partial charge < -0.3 is 9.64 Å². The van der Waals surface area contributed by atoms with Crippen molar-refractivity contribution in [3.8, 4) is 28.0 Å². The standard InChI is InChI=1S/C43H29NOS/c1-43-36(34-10-3-6-15-39(34)45-43)25-26-38-41(43)35-11-2-5-14-37(35)44(38)30-23-21-28(22-24-30)27-17-19-29(20-18-27)31-12-8-13-33-32-9-4-7-16-40(32)46-42(31)33/h2-26,41H,1H3. The lowest BCUT2D eigenvalue weighted by Gasteiger charge is -2.37. The lowest BCUT2D eigenvalue weighted by Crippen LogP contribution is -2.39. The van der Waals surface area contributed by atoms with Crippen LogP contribution in [0.15, 0.2) is 157 Å². The SMILES string of the molecule is CC12Oc3ccccc3C1=CC=C1C2c2ccccc2N1c1ccc(-c2ccc(-c3cccc4c3sc3ccccc34)cc2)cc1. The van der Waals surface area contributed by atoms with Gasteiger partial charge in [0.2, 0.25) is 0 Å². The molecule has 2 atom stereocenters. The van der Waals surface area contributed by atoms with Crippen molar-refractivity contribution in [1.82, 2.24) is 0 Å². The fourth-order valence-corrected chi connectivity index (χ4v) is 9.23. The van der Waals surface area contributed by atoms with Gasteiger partial charge in [-0.3, -0.25) is 0 Å². The zero-order valence-electron chi connectivity index (χ0n) is 25.3. The van der Waals surface area contributed by atoms with Crippen LogP contribution in [0.4, 0.5) is 11.4 Å².